The summed E-state index contributed by atoms with van der Waals surface area (Å²) < 4.78 is 4.74. The molecule has 1 unspecified atom stereocenters. The zero-order chi connectivity index (χ0) is 11.5. The van der Waals surface area contributed by atoms with Gasteiger partial charge in [0.1, 0.15) is 0 Å². The first kappa shape index (κ1) is 10.6. The van der Waals surface area contributed by atoms with Gasteiger partial charge in [0.15, 0.2) is 0 Å². The van der Waals surface area contributed by atoms with Crippen LogP contribution in [0.2, 0.25) is 0 Å². The smallest absolute Gasteiger partial charge is 0.314 e. The lowest BCUT2D eigenvalue weighted by Crippen LogP contribution is -2.12. The van der Waals surface area contributed by atoms with E-state index in [-0.39, 0.29) is 11.9 Å². The van der Waals surface area contributed by atoms with E-state index in [0.29, 0.717) is 0 Å². The van der Waals surface area contributed by atoms with Crippen LogP contribution in [0.4, 0.5) is 0 Å². The van der Waals surface area contributed by atoms with Crippen molar-refractivity contribution in [2.24, 2.45) is 0 Å². The van der Waals surface area contributed by atoms with E-state index in [1.54, 1.807) is 13.1 Å². The fraction of sp³-hybridized carbons (Fsp3) is 0.231. The Morgan fingerprint density at radius 1 is 1.31 bits per heavy atom. The SMILES string of the molecule is COC(=O)C(C)c1nccc2ccccc12. The Bertz CT molecular complexity index is 517. The maximum atomic E-state index is 11.5. The summed E-state index contributed by atoms with van der Waals surface area (Å²) in [5.74, 6) is -0.597. The number of carbonyl (C=O) groups excluding carboxylic acids is 1. The number of esters is 1. The standard InChI is InChI=1S/C13H13NO2/c1-9(13(15)16-2)12-11-6-4-3-5-10(11)7-8-14-12/h3-9H,1-2H3. The molecule has 1 aromatic heterocycles. The van der Waals surface area contributed by atoms with Crippen LogP contribution in [0.5, 0.6) is 0 Å². The van der Waals surface area contributed by atoms with Crippen LogP contribution in [0.3, 0.4) is 0 Å². The van der Waals surface area contributed by atoms with Crippen LogP contribution in [0.25, 0.3) is 10.8 Å². The van der Waals surface area contributed by atoms with E-state index >= 15 is 0 Å². The minimum Gasteiger partial charge on any atom is -0.469 e. The van der Waals surface area contributed by atoms with E-state index in [2.05, 4.69) is 4.98 Å². The monoisotopic (exact) mass is 215 g/mol. The number of hydrogen-bond acceptors (Lipinski definition) is 3. The van der Waals surface area contributed by atoms with Gasteiger partial charge in [-0.1, -0.05) is 24.3 Å². The molecule has 0 fully saturated rings. The Hall–Kier alpha value is -1.90. The van der Waals surface area contributed by atoms with Gasteiger partial charge in [-0.05, 0) is 18.4 Å². The number of ether oxygens (including phenoxy) is 1. The second kappa shape index (κ2) is 4.31. The van der Waals surface area contributed by atoms with Gasteiger partial charge in [-0.2, -0.15) is 0 Å². The number of hydrogen-bond donors (Lipinski definition) is 0. The molecule has 0 radical (unpaired) electrons. The third-order valence-corrected chi connectivity index (χ3v) is 2.67. The van der Waals surface area contributed by atoms with Gasteiger partial charge >= 0.3 is 5.97 Å². The quantitative estimate of drug-likeness (QED) is 0.722. The van der Waals surface area contributed by atoms with Gasteiger partial charge in [-0.3, -0.25) is 9.78 Å². The summed E-state index contributed by atoms with van der Waals surface area (Å²) in [5.41, 5.74) is 0.768. The van der Waals surface area contributed by atoms with Crippen molar-refractivity contribution >= 4 is 16.7 Å². The molecule has 0 amide bonds. The van der Waals surface area contributed by atoms with E-state index in [0.717, 1.165) is 16.5 Å². The highest BCUT2D eigenvalue weighted by Gasteiger charge is 2.18. The molecule has 1 heterocycles. The average molecular weight is 215 g/mol. The van der Waals surface area contributed by atoms with Crippen molar-refractivity contribution in [2.45, 2.75) is 12.8 Å². The number of rotatable bonds is 2. The highest BCUT2D eigenvalue weighted by Crippen LogP contribution is 2.23. The third-order valence-electron chi connectivity index (χ3n) is 2.67. The Morgan fingerprint density at radius 3 is 2.81 bits per heavy atom. The van der Waals surface area contributed by atoms with Crippen molar-refractivity contribution in [3.05, 3.63) is 42.2 Å². The highest BCUT2D eigenvalue weighted by atomic mass is 16.5. The Morgan fingerprint density at radius 2 is 2.06 bits per heavy atom. The fourth-order valence-corrected chi connectivity index (χ4v) is 1.78. The molecule has 16 heavy (non-hydrogen) atoms. The van der Waals surface area contributed by atoms with Crippen molar-refractivity contribution in [1.29, 1.82) is 0 Å². The lowest BCUT2D eigenvalue weighted by molar-refractivity contribution is -0.142. The van der Waals surface area contributed by atoms with E-state index in [9.17, 15) is 4.79 Å². The van der Waals surface area contributed by atoms with Gasteiger partial charge in [0.25, 0.3) is 0 Å². The van der Waals surface area contributed by atoms with Gasteiger partial charge < -0.3 is 4.74 Å². The zero-order valence-electron chi connectivity index (χ0n) is 9.31. The number of pyridine rings is 1. The van der Waals surface area contributed by atoms with Crippen molar-refractivity contribution in [2.75, 3.05) is 7.11 Å². The maximum Gasteiger partial charge on any atom is 0.314 e. The molecule has 0 spiro atoms. The first-order valence-electron chi connectivity index (χ1n) is 5.15. The van der Waals surface area contributed by atoms with Crippen LogP contribution in [0.1, 0.15) is 18.5 Å². The number of nitrogens with zero attached hydrogens (tertiary/aromatic N) is 1. The van der Waals surface area contributed by atoms with E-state index in [1.165, 1.54) is 7.11 Å². The molecule has 0 saturated heterocycles. The fourth-order valence-electron chi connectivity index (χ4n) is 1.78. The van der Waals surface area contributed by atoms with Gasteiger partial charge in [-0.25, -0.2) is 0 Å². The van der Waals surface area contributed by atoms with Crippen molar-refractivity contribution < 1.29 is 9.53 Å². The molecule has 0 aliphatic rings. The molecular weight excluding hydrogens is 202 g/mol. The van der Waals surface area contributed by atoms with Crippen LogP contribution in [-0.2, 0) is 9.53 Å². The molecule has 3 heteroatoms. The molecule has 2 rings (SSSR count). The Kier molecular flexibility index (Phi) is 2.86. The van der Waals surface area contributed by atoms with Crippen molar-refractivity contribution in [1.82, 2.24) is 4.98 Å². The minimum atomic E-state index is -0.337. The number of benzene rings is 1. The number of fused-ring (bicyclic) bond motifs is 1. The number of carbonyl (C=O) groups is 1. The summed E-state index contributed by atoms with van der Waals surface area (Å²) >= 11 is 0. The number of aromatic nitrogens is 1. The van der Waals surface area contributed by atoms with Crippen LogP contribution in [-0.4, -0.2) is 18.1 Å². The average Bonchev–Trinajstić information content (AvgIpc) is 2.36. The highest BCUT2D eigenvalue weighted by molar-refractivity contribution is 5.89. The topological polar surface area (TPSA) is 39.2 Å². The summed E-state index contributed by atoms with van der Waals surface area (Å²) in [7, 11) is 1.39. The minimum absolute atomic E-state index is 0.260. The van der Waals surface area contributed by atoms with Gasteiger partial charge in [0.05, 0.1) is 18.7 Å². The maximum absolute atomic E-state index is 11.5. The molecular formula is C13H13NO2. The lowest BCUT2D eigenvalue weighted by Gasteiger charge is -2.11. The molecule has 0 saturated carbocycles. The predicted molar refractivity (Wildman–Crippen MR) is 62.2 cm³/mol. The second-order valence-electron chi connectivity index (χ2n) is 3.66. The normalized spacial score (nSPS) is 12.4. The molecule has 0 aliphatic carbocycles. The second-order valence-corrected chi connectivity index (χ2v) is 3.66. The summed E-state index contributed by atoms with van der Waals surface area (Å²) in [6.45, 7) is 1.81. The predicted octanol–water partition coefficient (Wildman–Crippen LogP) is 2.51. The lowest BCUT2D eigenvalue weighted by atomic mass is 10.0. The Balaban J connectivity index is 2.56. The third kappa shape index (κ3) is 1.76. The summed E-state index contributed by atoms with van der Waals surface area (Å²) in [5, 5.41) is 2.09. The molecule has 2 aromatic rings. The van der Waals surface area contributed by atoms with Gasteiger partial charge in [0.2, 0.25) is 0 Å². The molecule has 82 valence electrons. The summed E-state index contributed by atoms with van der Waals surface area (Å²) in [4.78, 5) is 15.8. The van der Waals surface area contributed by atoms with Gasteiger partial charge in [0, 0.05) is 11.6 Å². The summed E-state index contributed by atoms with van der Waals surface area (Å²) in [6.07, 6.45) is 1.72. The molecule has 0 aliphatic heterocycles. The number of methoxy groups -OCH3 is 1. The zero-order valence-corrected chi connectivity index (χ0v) is 9.31. The van der Waals surface area contributed by atoms with Gasteiger partial charge in [-0.15, -0.1) is 0 Å². The molecule has 0 bridgehead atoms. The van der Waals surface area contributed by atoms with E-state index in [4.69, 9.17) is 4.74 Å². The van der Waals surface area contributed by atoms with Crippen molar-refractivity contribution in [3.63, 3.8) is 0 Å². The molecule has 0 N–H and O–H groups in total. The van der Waals surface area contributed by atoms with Crippen molar-refractivity contribution in [3.8, 4) is 0 Å². The van der Waals surface area contributed by atoms with E-state index in [1.807, 2.05) is 30.3 Å². The summed E-state index contributed by atoms with van der Waals surface area (Å²) in [6, 6.07) is 9.82. The molecule has 3 nitrogen and oxygen atoms in total. The molecule has 1 aromatic carbocycles. The first-order chi connectivity index (χ1) is 7.74. The van der Waals surface area contributed by atoms with Crippen LogP contribution in [0.15, 0.2) is 36.5 Å². The van der Waals surface area contributed by atoms with E-state index < -0.39 is 0 Å². The van der Waals surface area contributed by atoms with Crippen LogP contribution < -0.4 is 0 Å². The Labute approximate surface area is 94.1 Å². The largest absolute Gasteiger partial charge is 0.469 e. The molecule has 1 atom stereocenters. The van der Waals surface area contributed by atoms with Crippen LogP contribution >= 0.6 is 0 Å². The first-order valence-corrected chi connectivity index (χ1v) is 5.15. The van der Waals surface area contributed by atoms with Crippen LogP contribution in [0, 0.1) is 0 Å².